The van der Waals surface area contributed by atoms with Crippen LogP contribution in [0.4, 0.5) is 4.79 Å². The first kappa shape index (κ1) is 27.0. The number of phenols is 1. The molecule has 2 heterocycles. The van der Waals surface area contributed by atoms with Crippen LogP contribution in [0.3, 0.4) is 0 Å². The summed E-state index contributed by atoms with van der Waals surface area (Å²) in [5.74, 6) is 0.420. The summed E-state index contributed by atoms with van der Waals surface area (Å²) in [7, 11) is 3.30. The van der Waals surface area contributed by atoms with Crippen LogP contribution in [-0.2, 0) is 29.1 Å². The highest BCUT2D eigenvalue weighted by Crippen LogP contribution is 2.29. The van der Waals surface area contributed by atoms with Crippen molar-refractivity contribution in [2.45, 2.75) is 31.7 Å². The Bertz CT molecular complexity index is 1350. The monoisotopic (exact) mass is 543 g/mol. The second-order valence-electron chi connectivity index (χ2n) is 10.0. The van der Waals surface area contributed by atoms with Gasteiger partial charge in [0.15, 0.2) is 0 Å². The van der Waals surface area contributed by atoms with Crippen molar-refractivity contribution in [1.29, 1.82) is 0 Å². The number of carbonyl (C=O) groups excluding carboxylic acids is 3. The number of urea groups is 1. The van der Waals surface area contributed by atoms with Crippen molar-refractivity contribution < 1.29 is 24.2 Å². The van der Waals surface area contributed by atoms with Gasteiger partial charge in [0.1, 0.15) is 23.7 Å². The molecule has 2 atom stereocenters. The van der Waals surface area contributed by atoms with Gasteiger partial charge in [0, 0.05) is 26.6 Å². The van der Waals surface area contributed by atoms with Crippen molar-refractivity contribution in [3.63, 3.8) is 0 Å². The van der Waals surface area contributed by atoms with Crippen LogP contribution in [0.1, 0.15) is 16.7 Å². The lowest BCUT2D eigenvalue weighted by molar-refractivity contribution is -0.187. The van der Waals surface area contributed by atoms with E-state index in [9.17, 15) is 19.5 Å². The van der Waals surface area contributed by atoms with Crippen molar-refractivity contribution >= 4 is 17.8 Å². The Kier molecular flexibility index (Phi) is 7.88. The van der Waals surface area contributed by atoms with Crippen molar-refractivity contribution in [2.24, 2.45) is 0 Å². The van der Waals surface area contributed by atoms with Gasteiger partial charge >= 0.3 is 6.03 Å². The molecular formula is C30H33N5O5. The number of likely N-dealkylation sites (N-methyl/N-ethyl adjacent to an activating group) is 1. The highest BCUT2D eigenvalue weighted by atomic mass is 16.5. The summed E-state index contributed by atoms with van der Waals surface area (Å²) in [6, 6.07) is 22.5. The number of phenolic OH excluding ortho intramolecular Hbond substituents is 1. The molecule has 0 aliphatic carbocycles. The molecule has 2 unspecified atom stereocenters. The molecule has 0 radical (unpaired) electrons. The van der Waals surface area contributed by atoms with Gasteiger partial charge in [0.05, 0.1) is 20.2 Å². The van der Waals surface area contributed by atoms with E-state index >= 15 is 0 Å². The van der Waals surface area contributed by atoms with Crippen LogP contribution in [0.5, 0.6) is 11.5 Å². The van der Waals surface area contributed by atoms with Crippen LogP contribution in [-0.4, -0.2) is 82.2 Å². The van der Waals surface area contributed by atoms with Gasteiger partial charge in [-0.25, -0.2) is 14.8 Å². The van der Waals surface area contributed by atoms with Crippen LogP contribution in [0.15, 0.2) is 78.9 Å². The molecule has 10 nitrogen and oxygen atoms in total. The lowest BCUT2D eigenvalue weighted by Gasteiger charge is -2.54. The Morgan fingerprint density at radius 1 is 0.950 bits per heavy atom. The number of nitrogens with zero attached hydrogens (tertiary/aromatic N) is 4. The third kappa shape index (κ3) is 5.72. The number of methoxy groups -OCH3 is 1. The lowest BCUT2D eigenvalue weighted by Crippen LogP contribution is -2.76. The first-order valence-electron chi connectivity index (χ1n) is 13.2. The third-order valence-corrected chi connectivity index (χ3v) is 7.33. The van der Waals surface area contributed by atoms with Gasteiger partial charge in [-0.1, -0.05) is 54.6 Å². The summed E-state index contributed by atoms with van der Waals surface area (Å²) < 4.78 is 5.26. The molecule has 0 bridgehead atoms. The topological polar surface area (TPSA) is 106 Å². The zero-order valence-electron chi connectivity index (χ0n) is 22.6. The second-order valence-corrected chi connectivity index (χ2v) is 10.0. The third-order valence-electron chi connectivity index (χ3n) is 7.33. The molecule has 3 aromatic carbocycles. The van der Waals surface area contributed by atoms with E-state index in [0.29, 0.717) is 18.8 Å². The quantitative estimate of drug-likeness (QED) is 0.475. The maximum atomic E-state index is 13.9. The van der Waals surface area contributed by atoms with Gasteiger partial charge in [-0.15, -0.1) is 0 Å². The Hall–Kier alpha value is -4.57. The molecule has 0 saturated carbocycles. The van der Waals surface area contributed by atoms with Gasteiger partial charge in [0.25, 0.3) is 0 Å². The van der Waals surface area contributed by atoms with E-state index in [1.165, 1.54) is 0 Å². The molecular weight excluding hydrogens is 510 g/mol. The first-order valence-corrected chi connectivity index (χ1v) is 13.2. The standard InChI is InChI=1S/C30H33N5O5/c1-32-20-28(37)34-26(16-21-8-12-24(36)13-9-21)29(38)33(18-23-10-14-25(40-2)15-11-23)19-27(34)35(32)30(39)31-17-22-6-4-3-5-7-22/h3-15,26-27,36H,16-20H2,1-2H3,(H,31,39). The van der Waals surface area contributed by atoms with Gasteiger partial charge in [-0.05, 0) is 41.0 Å². The molecule has 3 aromatic rings. The SMILES string of the molecule is COc1ccc(CN2CC3N(C(=O)CN(C)N3C(=O)NCc3ccccc3)C(Cc3ccc(O)cc3)C2=O)cc1. The van der Waals surface area contributed by atoms with Gasteiger partial charge in [-0.2, -0.15) is 0 Å². The average Bonchev–Trinajstić information content (AvgIpc) is 2.96. The summed E-state index contributed by atoms with van der Waals surface area (Å²) in [5, 5.41) is 15.9. The van der Waals surface area contributed by atoms with Crippen molar-refractivity contribution in [1.82, 2.24) is 25.1 Å². The maximum Gasteiger partial charge on any atom is 0.334 e. The number of benzene rings is 3. The molecule has 40 heavy (non-hydrogen) atoms. The summed E-state index contributed by atoms with van der Waals surface area (Å²) >= 11 is 0. The number of rotatable bonds is 7. The van der Waals surface area contributed by atoms with Crippen molar-refractivity contribution in [3.8, 4) is 11.5 Å². The van der Waals surface area contributed by atoms with E-state index in [1.54, 1.807) is 58.2 Å². The molecule has 2 aliphatic rings. The minimum absolute atomic E-state index is 0.0346. The number of nitrogens with one attached hydrogen (secondary N) is 1. The molecule has 2 saturated heterocycles. The van der Waals surface area contributed by atoms with Crippen molar-refractivity contribution in [3.05, 3.63) is 95.6 Å². The molecule has 10 heteroatoms. The zero-order valence-corrected chi connectivity index (χ0v) is 22.6. The number of amides is 4. The summed E-state index contributed by atoms with van der Waals surface area (Å²) in [6.45, 7) is 0.769. The fraction of sp³-hybridized carbons (Fsp3) is 0.300. The van der Waals surface area contributed by atoms with Gasteiger partial charge < -0.3 is 25.0 Å². The van der Waals surface area contributed by atoms with Crippen LogP contribution in [0.25, 0.3) is 0 Å². The molecule has 2 aliphatic heterocycles. The predicted molar refractivity (Wildman–Crippen MR) is 148 cm³/mol. The summed E-state index contributed by atoms with van der Waals surface area (Å²) in [6.07, 6.45) is -0.441. The number of hydrazine groups is 1. The van der Waals surface area contributed by atoms with E-state index in [0.717, 1.165) is 16.7 Å². The fourth-order valence-corrected chi connectivity index (χ4v) is 5.31. The fourth-order valence-electron chi connectivity index (χ4n) is 5.31. The van der Waals surface area contributed by atoms with Crippen LogP contribution in [0, 0.1) is 0 Å². The Balaban J connectivity index is 1.45. The summed E-state index contributed by atoms with van der Waals surface area (Å²) in [5.41, 5.74) is 2.66. The Morgan fingerprint density at radius 3 is 2.30 bits per heavy atom. The number of ether oxygens (including phenoxy) is 1. The number of aromatic hydroxyl groups is 1. The van der Waals surface area contributed by atoms with Crippen LogP contribution < -0.4 is 10.1 Å². The molecule has 0 spiro atoms. The molecule has 2 N–H and O–H groups in total. The maximum absolute atomic E-state index is 13.9. The molecule has 208 valence electrons. The highest BCUT2D eigenvalue weighted by Gasteiger charge is 2.50. The number of carbonyl (C=O) groups is 3. The second kappa shape index (κ2) is 11.7. The Morgan fingerprint density at radius 2 is 1.62 bits per heavy atom. The molecule has 5 rings (SSSR count). The van der Waals surface area contributed by atoms with Gasteiger partial charge in [0.2, 0.25) is 11.8 Å². The largest absolute Gasteiger partial charge is 0.508 e. The highest BCUT2D eigenvalue weighted by molar-refractivity contribution is 5.91. The number of hydrogen-bond donors (Lipinski definition) is 2. The molecule has 0 aromatic heterocycles. The lowest BCUT2D eigenvalue weighted by atomic mass is 9.98. The first-order chi connectivity index (χ1) is 19.3. The Labute approximate surface area is 233 Å². The average molecular weight is 544 g/mol. The minimum atomic E-state index is -0.813. The van der Waals surface area contributed by atoms with E-state index < -0.39 is 12.2 Å². The number of fused-ring (bicyclic) bond motifs is 1. The minimum Gasteiger partial charge on any atom is -0.508 e. The zero-order chi connectivity index (χ0) is 28.2. The van der Waals surface area contributed by atoms with Gasteiger partial charge in [-0.3, -0.25) is 9.59 Å². The van der Waals surface area contributed by atoms with Crippen LogP contribution >= 0.6 is 0 Å². The smallest absolute Gasteiger partial charge is 0.334 e. The van der Waals surface area contributed by atoms with E-state index in [1.807, 2.05) is 54.6 Å². The van der Waals surface area contributed by atoms with Crippen LogP contribution in [0.2, 0.25) is 0 Å². The molecule has 2 fully saturated rings. The van der Waals surface area contributed by atoms with Crippen molar-refractivity contribution in [2.75, 3.05) is 27.2 Å². The molecule has 4 amide bonds. The number of hydrogen-bond acceptors (Lipinski definition) is 6. The summed E-state index contributed by atoms with van der Waals surface area (Å²) in [4.78, 5) is 44.2. The van der Waals surface area contributed by atoms with E-state index in [2.05, 4.69) is 5.32 Å². The normalized spacial score (nSPS) is 19.4. The predicted octanol–water partition coefficient (Wildman–Crippen LogP) is 2.58. The van der Waals surface area contributed by atoms with E-state index in [4.69, 9.17) is 4.74 Å². The number of piperazine rings is 1. The van der Waals surface area contributed by atoms with E-state index in [-0.39, 0.29) is 43.1 Å².